The molecule has 0 aliphatic heterocycles. The Kier molecular flexibility index (Phi) is 6.86. The number of rotatable bonds is 6. The van der Waals surface area contributed by atoms with Gasteiger partial charge in [-0.2, -0.15) is 5.26 Å². The summed E-state index contributed by atoms with van der Waals surface area (Å²) in [4.78, 5) is 0. The van der Waals surface area contributed by atoms with E-state index in [0.29, 0.717) is 11.5 Å². The molecule has 0 aliphatic carbocycles. The van der Waals surface area contributed by atoms with Gasteiger partial charge in [0.2, 0.25) is 0 Å². The van der Waals surface area contributed by atoms with Gasteiger partial charge in [0.05, 0.1) is 6.07 Å². The quantitative estimate of drug-likeness (QED) is 0.453. The normalized spacial score (nSPS) is 12.4. The van der Waals surface area contributed by atoms with E-state index in [0.717, 1.165) is 18.4 Å². The molecule has 0 amide bonds. The number of allylic oxidation sites excluding steroid dienone is 5. The molecule has 0 unspecified atom stereocenters. The Labute approximate surface area is 135 Å². The summed E-state index contributed by atoms with van der Waals surface area (Å²) in [5.74, 6) is 0.498. The summed E-state index contributed by atoms with van der Waals surface area (Å²) >= 11 is 0. The molecule has 1 nitrogen and oxygen atoms in total. The number of hydrogen-bond donors (Lipinski definition) is 0. The van der Waals surface area contributed by atoms with Gasteiger partial charge >= 0.3 is 0 Å². The molecule has 0 bridgehead atoms. The molecule has 0 aromatic heterocycles. The average Bonchev–Trinajstić information content (AvgIpc) is 2.52. The van der Waals surface area contributed by atoms with E-state index in [-0.39, 0.29) is 0 Å². The monoisotopic (exact) mass is 293 g/mol. The minimum atomic E-state index is 0.498. The molecule has 1 aromatic carbocycles. The lowest BCUT2D eigenvalue weighted by Gasteiger charge is -2.18. The zero-order valence-corrected chi connectivity index (χ0v) is 14.5. The Hall–Kier alpha value is -2.07. The summed E-state index contributed by atoms with van der Waals surface area (Å²) in [6.07, 6.45) is 6.00. The van der Waals surface area contributed by atoms with Crippen LogP contribution < -0.4 is 0 Å². The molecule has 0 spiro atoms. The lowest BCUT2D eigenvalue weighted by molar-refractivity contribution is 0.840. The Morgan fingerprint density at radius 3 is 2.45 bits per heavy atom. The second-order valence-corrected chi connectivity index (χ2v) is 5.92. The lowest BCUT2D eigenvalue weighted by atomic mass is 9.87. The van der Waals surface area contributed by atoms with Crippen LogP contribution >= 0.6 is 0 Å². The minimum absolute atomic E-state index is 0.498. The van der Waals surface area contributed by atoms with Crippen LogP contribution in [0.4, 0.5) is 0 Å². The van der Waals surface area contributed by atoms with Crippen molar-refractivity contribution in [1.29, 1.82) is 5.26 Å². The summed E-state index contributed by atoms with van der Waals surface area (Å²) in [7, 11) is 0. The third-order valence-electron chi connectivity index (χ3n) is 3.89. The second kappa shape index (κ2) is 8.39. The van der Waals surface area contributed by atoms with Crippen molar-refractivity contribution < 1.29 is 0 Å². The number of benzene rings is 1. The van der Waals surface area contributed by atoms with Gasteiger partial charge in [-0.25, -0.2) is 0 Å². The van der Waals surface area contributed by atoms with Gasteiger partial charge in [0.1, 0.15) is 0 Å². The lowest BCUT2D eigenvalue weighted by Crippen LogP contribution is -2.00. The first-order valence-electron chi connectivity index (χ1n) is 8.04. The van der Waals surface area contributed by atoms with Crippen LogP contribution in [-0.4, -0.2) is 0 Å². The molecule has 1 rings (SSSR count). The van der Waals surface area contributed by atoms with Crippen LogP contribution in [0.2, 0.25) is 0 Å². The van der Waals surface area contributed by atoms with Crippen LogP contribution in [-0.2, 0) is 6.42 Å². The van der Waals surface area contributed by atoms with Crippen molar-refractivity contribution in [2.75, 3.05) is 0 Å². The second-order valence-electron chi connectivity index (χ2n) is 5.92. The molecule has 0 N–H and O–H groups in total. The summed E-state index contributed by atoms with van der Waals surface area (Å²) in [5.41, 5.74) is 7.07. The maximum atomic E-state index is 8.90. The summed E-state index contributed by atoms with van der Waals surface area (Å²) in [6, 6.07) is 8.65. The maximum absolute atomic E-state index is 8.90. The van der Waals surface area contributed by atoms with Crippen LogP contribution in [0.1, 0.15) is 63.6 Å². The van der Waals surface area contributed by atoms with Gasteiger partial charge in [0.25, 0.3) is 0 Å². The standard InChI is InChI=1S/C21H27N/c1-7-18(12-16(5)14-22)13-17(6)20-11-9-10-19(8-2)21(20)15(3)4/h9-13,15H,5,7-8H2,1-4,6H3/b17-13+,18-12-. The van der Waals surface area contributed by atoms with Gasteiger partial charge in [-0.15, -0.1) is 0 Å². The van der Waals surface area contributed by atoms with Crippen LogP contribution in [0.15, 0.2) is 48.1 Å². The first kappa shape index (κ1) is 18.0. The molecule has 0 saturated heterocycles. The predicted octanol–water partition coefficient (Wildman–Crippen LogP) is 6.19. The SMILES string of the molecule is C=C(C#N)/C=C(\C=C(/C)c1cccc(CC)c1C(C)C)CC. The highest BCUT2D eigenvalue weighted by molar-refractivity contribution is 5.71. The Balaban J connectivity index is 3.36. The summed E-state index contributed by atoms with van der Waals surface area (Å²) in [6.45, 7) is 14.7. The fourth-order valence-corrected chi connectivity index (χ4v) is 2.80. The van der Waals surface area contributed by atoms with E-state index in [9.17, 15) is 0 Å². The van der Waals surface area contributed by atoms with Crippen molar-refractivity contribution in [2.45, 2.75) is 53.4 Å². The van der Waals surface area contributed by atoms with E-state index in [1.165, 1.54) is 22.3 Å². The third kappa shape index (κ3) is 4.46. The predicted molar refractivity (Wildman–Crippen MR) is 96.7 cm³/mol. The van der Waals surface area contributed by atoms with Crippen molar-refractivity contribution >= 4 is 5.57 Å². The molecule has 1 heteroatoms. The van der Waals surface area contributed by atoms with E-state index in [1.807, 2.05) is 6.08 Å². The van der Waals surface area contributed by atoms with Gasteiger partial charge in [0.15, 0.2) is 0 Å². The van der Waals surface area contributed by atoms with Crippen LogP contribution in [0.5, 0.6) is 0 Å². The summed E-state index contributed by atoms with van der Waals surface area (Å²) in [5, 5.41) is 8.90. The average molecular weight is 293 g/mol. The maximum Gasteiger partial charge on any atom is 0.0985 e. The molecule has 0 aliphatic rings. The van der Waals surface area contributed by atoms with Gasteiger partial charge in [-0.05, 0) is 59.6 Å². The molecule has 0 fully saturated rings. The first-order chi connectivity index (χ1) is 10.4. The Morgan fingerprint density at radius 1 is 1.27 bits per heavy atom. The topological polar surface area (TPSA) is 23.8 Å². The largest absolute Gasteiger partial charge is 0.192 e. The van der Waals surface area contributed by atoms with Crippen molar-refractivity contribution in [3.8, 4) is 6.07 Å². The van der Waals surface area contributed by atoms with E-state index < -0.39 is 0 Å². The highest BCUT2D eigenvalue weighted by Crippen LogP contribution is 2.30. The fraction of sp³-hybridized carbons (Fsp3) is 0.381. The van der Waals surface area contributed by atoms with E-state index in [2.05, 4.69) is 71.5 Å². The van der Waals surface area contributed by atoms with Gasteiger partial charge in [-0.3, -0.25) is 0 Å². The molecule has 0 saturated carbocycles. The third-order valence-corrected chi connectivity index (χ3v) is 3.89. The van der Waals surface area contributed by atoms with E-state index >= 15 is 0 Å². The van der Waals surface area contributed by atoms with E-state index in [4.69, 9.17) is 5.26 Å². The van der Waals surface area contributed by atoms with Crippen LogP contribution in [0.25, 0.3) is 5.57 Å². The van der Waals surface area contributed by atoms with Crippen LogP contribution in [0, 0.1) is 11.3 Å². The van der Waals surface area contributed by atoms with Crippen molar-refractivity contribution in [3.63, 3.8) is 0 Å². The van der Waals surface area contributed by atoms with Crippen molar-refractivity contribution in [1.82, 2.24) is 0 Å². The number of hydrogen-bond acceptors (Lipinski definition) is 1. The molecular formula is C21H27N. The number of nitrogens with zero attached hydrogens (tertiary/aromatic N) is 1. The van der Waals surface area contributed by atoms with Gasteiger partial charge < -0.3 is 0 Å². The van der Waals surface area contributed by atoms with E-state index in [1.54, 1.807) is 0 Å². The fourth-order valence-electron chi connectivity index (χ4n) is 2.80. The first-order valence-corrected chi connectivity index (χ1v) is 8.04. The molecular weight excluding hydrogens is 266 g/mol. The molecule has 116 valence electrons. The molecule has 1 aromatic rings. The van der Waals surface area contributed by atoms with Gasteiger partial charge in [-0.1, -0.05) is 58.5 Å². The number of nitriles is 1. The molecule has 0 radical (unpaired) electrons. The van der Waals surface area contributed by atoms with Gasteiger partial charge in [0, 0.05) is 5.57 Å². The van der Waals surface area contributed by atoms with Crippen molar-refractivity contribution in [3.05, 3.63) is 64.8 Å². The molecule has 0 heterocycles. The smallest absolute Gasteiger partial charge is 0.0985 e. The number of aryl methyl sites for hydroxylation is 1. The zero-order chi connectivity index (χ0) is 16.7. The molecule has 0 atom stereocenters. The summed E-state index contributed by atoms with van der Waals surface area (Å²) < 4.78 is 0. The van der Waals surface area contributed by atoms with Crippen LogP contribution in [0.3, 0.4) is 0 Å². The Bertz CT molecular complexity index is 636. The molecule has 22 heavy (non-hydrogen) atoms. The highest BCUT2D eigenvalue weighted by atomic mass is 14.2. The zero-order valence-electron chi connectivity index (χ0n) is 14.5. The Morgan fingerprint density at radius 2 is 1.95 bits per heavy atom. The highest BCUT2D eigenvalue weighted by Gasteiger charge is 2.12. The minimum Gasteiger partial charge on any atom is -0.192 e. The van der Waals surface area contributed by atoms with Crippen molar-refractivity contribution in [2.24, 2.45) is 0 Å².